The smallest absolute Gasteiger partial charge is 0.310 e. The Morgan fingerprint density at radius 3 is 2.45 bits per heavy atom. The summed E-state index contributed by atoms with van der Waals surface area (Å²) in [6.07, 6.45) is 1.66. The highest BCUT2D eigenvalue weighted by atomic mass is 16.5. The van der Waals surface area contributed by atoms with E-state index >= 15 is 0 Å². The summed E-state index contributed by atoms with van der Waals surface area (Å²) in [5.74, 6) is -0.783. The summed E-state index contributed by atoms with van der Waals surface area (Å²) in [7, 11) is 0. The first-order valence-electron chi connectivity index (χ1n) is 12.9. The third-order valence-electron chi connectivity index (χ3n) is 6.66. The van der Waals surface area contributed by atoms with Gasteiger partial charge in [-0.15, -0.1) is 0 Å². The van der Waals surface area contributed by atoms with Crippen LogP contribution < -0.4 is 4.90 Å². The van der Waals surface area contributed by atoms with Crippen molar-refractivity contribution in [3.05, 3.63) is 101 Å². The van der Waals surface area contributed by atoms with Crippen molar-refractivity contribution in [2.45, 2.75) is 32.7 Å². The Balaban J connectivity index is 1.54. The van der Waals surface area contributed by atoms with E-state index in [0.717, 1.165) is 24.0 Å². The highest BCUT2D eigenvalue weighted by Gasteiger charge is 2.29. The van der Waals surface area contributed by atoms with Crippen molar-refractivity contribution in [3.63, 3.8) is 0 Å². The van der Waals surface area contributed by atoms with Crippen LogP contribution in [0, 0.1) is 17.2 Å². The maximum atomic E-state index is 13.6. The summed E-state index contributed by atoms with van der Waals surface area (Å²) >= 11 is 0. The molecule has 1 fully saturated rings. The van der Waals surface area contributed by atoms with Crippen LogP contribution in [-0.4, -0.2) is 42.4 Å². The molecule has 1 unspecified atom stereocenters. The van der Waals surface area contributed by atoms with Crippen molar-refractivity contribution >= 4 is 23.5 Å². The molecule has 1 heterocycles. The van der Waals surface area contributed by atoms with Crippen molar-refractivity contribution in [1.82, 2.24) is 4.90 Å². The highest BCUT2D eigenvalue weighted by Crippen LogP contribution is 2.24. The molecule has 3 aromatic rings. The van der Waals surface area contributed by atoms with Crippen LogP contribution in [0.4, 0.5) is 5.69 Å². The standard InChI is InChI=1S/C31H31N3O4/c1-2-38-31(37)27-11-7-17-33(22-27)29(35)19-25-10-6-12-28(18-25)34(21-24-8-4-3-5-9-24)30(36)26-15-13-23(20-32)14-16-26/h3-6,8-10,12-16,18,27H,2,7,11,17,19,21-22H2,1H3. The molecule has 0 radical (unpaired) electrons. The number of benzene rings is 3. The van der Waals surface area contributed by atoms with Crippen molar-refractivity contribution in [2.75, 3.05) is 24.6 Å². The number of rotatable bonds is 8. The Hall–Kier alpha value is -4.44. The van der Waals surface area contributed by atoms with Crippen LogP contribution in [0.25, 0.3) is 0 Å². The molecule has 2 amide bonds. The summed E-state index contributed by atoms with van der Waals surface area (Å²) in [4.78, 5) is 42.4. The molecule has 1 atom stereocenters. The molecule has 0 saturated carbocycles. The zero-order valence-corrected chi connectivity index (χ0v) is 21.5. The second-order valence-corrected chi connectivity index (χ2v) is 9.34. The number of hydrogen-bond acceptors (Lipinski definition) is 5. The minimum Gasteiger partial charge on any atom is -0.466 e. The van der Waals surface area contributed by atoms with E-state index in [1.165, 1.54) is 0 Å². The maximum Gasteiger partial charge on any atom is 0.310 e. The molecule has 0 aliphatic carbocycles. The lowest BCUT2D eigenvalue weighted by atomic mass is 9.97. The van der Waals surface area contributed by atoms with Gasteiger partial charge in [0.15, 0.2) is 0 Å². The Bertz CT molecular complexity index is 1310. The van der Waals surface area contributed by atoms with Gasteiger partial charge in [0.1, 0.15) is 0 Å². The molecule has 1 aliphatic rings. The summed E-state index contributed by atoms with van der Waals surface area (Å²) in [5.41, 5.74) is 3.39. The third kappa shape index (κ3) is 6.65. The van der Waals surface area contributed by atoms with Crippen molar-refractivity contribution in [2.24, 2.45) is 5.92 Å². The molecule has 1 saturated heterocycles. The van der Waals surface area contributed by atoms with Crippen LogP contribution in [0.15, 0.2) is 78.9 Å². The van der Waals surface area contributed by atoms with Gasteiger partial charge in [-0.05, 0) is 67.3 Å². The quantitative estimate of drug-likeness (QED) is 0.409. The average molecular weight is 510 g/mol. The highest BCUT2D eigenvalue weighted by molar-refractivity contribution is 6.06. The summed E-state index contributed by atoms with van der Waals surface area (Å²) < 4.78 is 5.16. The van der Waals surface area contributed by atoms with E-state index in [0.29, 0.717) is 43.1 Å². The van der Waals surface area contributed by atoms with E-state index in [-0.39, 0.29) is 30.1 Å². The summed E-state index contributed by atoms with van der Waals surface area (Å²) in [5, 5.41) is 9.11. The van der Waals surface area contributed by atoms with E-state index in [4.69, 9.17) is 10.00 Å². The lowest BCUT2D eigenvalue weighted by Crippen LogP contribution is -2.43. The molecule has 194 valence electrons. The van der Waals surface area contributed by atoms with Crippen LogP contribution in [0.2, 0.25) is 0 Å². The summed E-state index contributed by atoms with van der Waals surface area (Å²) in [6, 6.07) is 25.8. The minimum atomic E-state index is -0.287. The average Bonchev–Trinajstić information content (AvgIpc) is 2.96. The van der Waals surface area contributed by atoms with Gasteiger partial charge in [-0.3, -0.25) is 14.4 Å². The van der Waals surface area contributed by atoms with Gasteiger partial charge in [0.2, 0.25) is 5.91 Å². The van der Waals surface area contributed by atoms with Crippen LogP contribution in [0.3, 0.4) is 0 Å². The number of hydrogen-bond donors (Lipinski definition) is 0. The predicted octanol–water partition coefficient (Wildman–Crippen LogP) is 4.75. The molecule has 0 bridgehead atoms. The molecule has 4 rings (SSSR count). The second kappa shape index (κ2) is 12.7. The van der Waals surface area contributed by atoms with Gasteiger partial charge < -0.3 is 14.5 Å². The SMILES string of the molecule is CCOC(=O)C1CCCN(C(=O)Cc2cccc(N(Cc3ccccc3)C(=O)c3ccc(C#N)cc3)c2)C1. The Labute approximate surface area is 223 Å². The second-order valence-electron chi connectivity index (χ2n) is 9.34. The number of carbonyl (C=O) groups is 3. The fourth-order valence-electron chi connectivity index (χ4n) is 4.67. The first kappa shape index (κ1) is 26.6. The molecule has 7 heteroatoms. The first-order valence-corrected chi connectivity index (χ1v) is 12.9. The molecule has 3 aromatic carbocycles. The molecular weight excluding hydrogens is 478 g/mol. The lowest BCUT2D eigenvalue weighted by molar-refractivity contribution is -0.151. The predicted molar refractivity (Wildman–Crippen MR) is 144 cm³/mol. The number of nitrogens with zero attached hydrogens (tertiary/aromatic N) is 3. The third-order valence-corrected chi connectivity index (χ3v) is 6.66. The lowest BCUT2D eigenvalue weighted by Gasteiger charge is -2.31. The van der Waals surface area contributed by atoms with Crippen LogP contribution in [0.1, 0.15) is 46.8 Å². The van der Waals surface area contributed by atoms with Crippen LogP contribution in [-0.2, 0) is 27.3 Å². The Morgan fingerprint density at radius 1 is 1.00 bits per heavy atom. The van der Waals surface area contributed by atoms with Crippen molar-refractivity contribution in [1.29, 1.82) is 5.26 Å². The van der Waals surface area contributed by atoms with Gasteiger partial charge in [0.25, 0.3) is 5.91 Å². The Morgan fingerprint density at radius 2 is 1.74 bits per heavy atom. The number of nitriles is 1. The van der Waals surface area contributed by atoms with Crippen molar-refractivity contribution < 1.29 is 19.1 Å². The van der Waals surface area contributed by atoms with E-state index < -0.39 is 0 Å². The Kier molecular flexibility index (Phi) is 8.89. The number of anilines is 1. The van der Waals surface area contributed by atoms with Crippen LogP contribution in [0.5, 0.6) is 0 Å². The van der Waals surface area contributed by atoms with E-state index in [1.54, 1.807) is 41.0 Å². The van der Waals surface area contributed by atoms with Gasteiger partial charge in [-0.1, -0.05) is 42.5 Å². The van der Waals surface area contributed by atoms with E-state index in [1.807, 2.05) is 54.6 Å². The number of ether oxygens (including phenoxy) is 1. The normalized spacial score (nSPS) is 14.8. The minimum absolute atomic E-state index is 0.0517. The number of piperidine rings is 1. The molecule has 0 aromatic heterocycles. The largest absolute Gasteiger partial charge is 0.466 e. The summed E-state index contributed by atoms with van der Waals surface area (Å²) in [6.45, 7) is 3.45. The van der Waals surface area contributed by atoms with Crippen molar-refractivity contribution in [3.8, 4) is 6.07 Å². The van der Waals surface area contributed by atoms with Gasteiger partial charge in [0, 0.05) is 24.3 Å². The van der Waals surface area contributed by atoms with E-state index in [9.17, 15) is 14.4 Å². The monoisotopic (exact) mass is 509 g/mol. The number of amides is 2. The van der Waals surface area contributed by atoms with Gasteiger partial charge in [-0.25, -0.2) is 0 Å². The molecule has 0 spiro atoms. The number of carbonyl (C=O) groups excluding carboxylic acids is 3. The first-order chi connectivity index (χ1) is 18.5. The topological polar surface area (TPSA) is 90.7 Å². The van der Waals surface area contributed by atoms with E-state index in [2.05, 4.69) is 6.07 Å². The van der Waals surface area contributed by atoms with Gasteiger partial charge >= 0.3 is 5.97 Å². The zero-order valence-electron chi connectivity index (χ0n) is 21.5. The molecule has 7 nitrogen and oxygen atoms in total. The fourth-order valence-corrected chi connectivity index (χ4v) is 4.67. The molecule has 1 aliphatic heterocycles. The van der Waals surface area contributed by atoms with Crippen LogP contribution >= 0.6 is 0 Å². The van der Waals surface area contributed by atoms with Gasteiger partial charge in [0.05, 0.1) is 37.1 Å². The van der Waals surface area contributed by atoms with Gasteiger partial charge in [-0.2, -0.15) is 5.26 Å². The fraction of sp³-hybridized carbons (Fsp3) is 0.290. The number of esters is 1. The number of likely N-dealkylation sites (tertiary alicyclic amines) is 1. The zero-order chi connectivity index (χ0) is 26.9. The molecule has 0 N–H and O–H groups in total. The maximum absolute atomic E-state index is 13.6. The molecule has 38 heavy (non-hydrogen) atoms. The molecular formula is C31H31N3O4.